The van der Waals surface area contributed by atoms with E-state index in [0.717, 1.165) is 0 Å². The highest BCUT2D eigenvalue weighted by Gasteiger charge is 2.08. The first-order valence-corrected chi connectivity index (χ1v) is 4.02. The molecule has 0 saturated heterocycles. The van der Waals surface area contributed by atoms with Crippen LogP contribution in [-0.4, -0.2) is 11.3 Å². The third-order valence-electron chi connectivity index (χ3n) is 1.87. The van der Waals surface area contributed by atoms with Crippen LogP contribution in [0.2, 0.25) is 5.15 Å². The molecule has 1 aromatic heterocycles. The molecule has 0 fully saturated rings. The third kappa shape index (κ3) is 1.21. The van der Waals surface area contributed by atoms with Gasteiger partial charge in [0.15, 0.2) is 6.29 Å². The molecular formula is C9H5ClFNO. The molecule has 2 aromatic rings. The molecule has 0 radical (unpaired) electrons. The van der Waals surface area contributed by atoms with Gasteiger partial charge in [-0.15, -0.1) is 0 Å². The van der Waals surface area contributed by atoms with Gasteiger partial charge in [0, 0.05) is 5.39 Å². The Bertz CT molecular complexity index is 478. The van der Waals surface area contributed by atoms with E-state index in [4.69, 9.17) is 11.6 Å². The second-order valence-corrected chi connectivity index (χ2v) is 3.04. The van der Waals surface area contributed by atoms with Crippen molar-refractivity contribution >= 4 is 28.8 Å². The van der Waals surface area contributed by atoms with E-state index in [-0.39, 0.29) is 11.0 Å². The number of carbonyl (C=O) groups excluding carboxylic acids is 1. The number of benzene rings is 1. The smallest absolute Gasteiger partial charge is 0.153 e. The van der Waals surface area contributed by atoms with E-state index < -0.39 is 0 Å². The number of nitrogens with one attached hydrogen (secondary N) is 1. The molecule has 0 aliphatic carbocycles. The predicted octanol–water partition coefficient (Wildman–Crippen LogP) is 2.77. The number of aldehydes is 1. The minimum absolute atomic E-state index is 0.246. The van der Waals surface area contributed by atoms with E-state index in [0.29, 0.717) is 22.8 Å². The number of halogens is 2. The Labute approximate surface area is 78.3 Å². The van der Waals surface area contributed by atoms with Crippen molar-refractivity contribution in [2.24, 2.45) is 0 Å². The standard InChI is InChI=1S/C9H5ClFNO/c10-9-7(4-13)6-2-1-5(11)3-8(6)12-9/h1-4,12H. The lowest BCUT2D eigenvalue weighted by atomic mass is 10.2. The van der Waals surface area contributed by atoms with Gasteiger partial charge in [0.05, 0.1) is 11.1 Å². The summed E-state index contributed by atoms with van der Waals surface area (Å²) < 4.78 is 12.7. The number of H-pyrrole nitrogens is 1. The fourth-order valence-corrected chi connectivity index (χ4v) is 1.52. The SMILES string of the molecule is O=Cc1c(Cl)[nH]c2cc(F)ccc12. The van der Waals surface area contributed by atoms with Crippen molar-refractivity contribution in [1.29, 1.82) is 0 Å². The Hall–Kier alpha value is -1.35. The first-order chi connectivity index (χ1) is 6.22. The molecule has 2 nitrogen and oxygen atoms in total. The first kappa shape index (κ1) is 8.26. The summed E-state index contributed by atoms with van der Waals surface area (Å²) in [4.78, 5) is 13.3. The number of aromatic amines is 1. The molecule has 0 aliphatic rings. The molecule has 13 heavy (non-hydrogen) atoms. The molecule has 0 aliphatic heterocycles. The second-order valence-electron chi connectivity index (χ2n) is 2.66. The van der Waals surface area contributed by atoms with Gasteiger partial charge in [-0.1, -0.05) is 11.6 Å². The van der Waals surface area contributed by atoms with E-state index in [1.165, 1.54) is 18.2 Å². The van der Waals surface area contributed by atoms with Crippen molar-refractivity contribution < 1.29 is 9.18 Å². The fourth-order valence-electron chi connectivity index (χ4n) is 1.27. The predicted molar refractivity (Wildman–Crippen MR) is 48.7 cm³/mol. The molecule has 0 saturated carbocycles. The average Bonchev–Trinajstić information content (AvgIpc) is 2.39. The van der Waals surface area contributed by atoms with Gasteiger partial charge < -0.3 is 4.98 Å². The van der Waals surface area contributed by atoms with Crippen LogP contribution in [0, 0.1) is 5.82 Å². The number of fused-ring (bicyclic) bond motifs is 1. The van der Waals surface area contributed by atoms with Crippen molar-refractivity contribution in [3.63, 3.8) is 0 Å². The van der Waals surface area contributed by atoms with E-state index in [2.05, 4.69) is 4.98 Å². The van der Waals surface area contributed by atoms with Gasteiger partial charge in [-0.25, -0.2) is 4.39 Å². The van der Waals surface area contributed by atoms with Crippen LogP contribution in [0.25, 0.3) is 10.9 Å². The summed E-state index contributed by atoms with van der Waals surface area (Å²) in [5, 5.41) is 0.886. The topological polar surface area (TPSA) is 32.9 Å². The van der Waals surface area contributed by atoms with Gasteiger partial charge in [-0.05, 0) is 18.2 Å². The normalized spacial score (nSPS) is 10.6. The molecule has 1 heterocycles. The largest absolute Gasteiger partial charge is 0.345 e. The highest BCUT2D eigenvalue weighted by atomic mass is 35.5. The lowest BCUT2D eigenvalue weighted by Crippen LogP contribution is -1.76. The summed E-state index contributed by atoms with van der Waals surface area (Å²) in [5.41, 5.74) is 0.906. The van der Waals surface area contributed by atoms with Gasteiger partial charge >= 0.3 is 0 Å². The van der Waals surface area contributed by atoms with Gasteiger partial charge in [0.2, 0.25) is 0 Å². The number of hydrogen-bond acceptors (Lipinski definition) is 1. The summed E-state index contributed by atoms with van der Waals surface area (Å²) in [6.45, 7) is 0. The van der Waals surface area contributed by atoms with Crippen LogP contribution in [0.5, 0.6) is 0 Å². The first-order valence-electron chi connectivity index (χ1n) is 3.64. The Morgan fingerprint density at radius 3 is 2.92 bits per heavy atom. The second kappa shape index (κ2) is 2.85. The van der Waals surface area contributed by atoms with Gasteiger partial charge in [-0.3, -0.25) is 4.79 Å². The van der Waals surface area contributed by atoms with E-state index >= 15 is 0 Å². The maximum atomic E-state index is 12.7. The highest BCUT2D eigenvalue weighted by Crippen LogP contribution is 2.24. The van der Waals surface area contributed by atoms with Crippen LogP contribution in [0.4, 0.5) is 4.39 Å². The average molecular weight is 198 g/mol. The van der Waals surface area contributed by atoms with Crippen molar-refractivity contribution in [2.75, 3.05) is 0 Å². The van der Waals surface area contributed by atoms with Crippen LogP contribution in [0.15, 0.2) is 18.2 Å². The Balaban J connectivity index is 2.86. The molecule has 1 N–H and O–H groups in total. The van der Waals surface area contributed by atoms with Crippen LogP contribution in [0.3, 0.4) is 0 Å². The molecule has 0 atom stereocenters. The van der Waals surface area contributed by atoms with Crippen LogP contribution >= 0.6 is 11.6 Å². The monoisotopic (exact) mass is 197 g/mol. The van der Waals surface area contributed by atoms with Crippen LogP contribution < -0.4 is 0 Å². The Morgan fingerprint density at radius 2 is 2.23 bits per heavy atom. The fraction of sp³-hybridized carbons (Fsp3) is 0. The molecule has 66 valence electrons. The zero-order valence-corrected chi connectivity index (χ0v) is 7.23. The van der Waals surface area contributed by atoms with Crippen LogP contribution in [0.1, 0.15) is 10.4 Å². The minimum atomic E-state index is -0.358. The molecular weight excluding hydrogens is 193 g/mol. The lowest BCUT2D eigenvalue weighted by molar-refractivity contribution is 0.112. The molecule has 4 heteroatoms. The molecule has 2 rings (SSSR count). The summed E-state index contributed by atoms with van der Waals surface area (Å²) in [6.07, 6.45) is 0.652. The zero-order valence-electron chi connectivity index (χ0n) is 6.47. The van der Waals surface area contributed by atoms with Crippen molar-refractivity contribution in [2.45, 2.75) is 0 Å². The van der Waals surface area contributed by atoms with Crippen molar-refractivity contribution in [1.82, 2.24) is 4.98 Å². The molecule has 1 aromatic carbocycles. The minimum Gasteiger partial charge on any atom is -0.345 e. The maximum absolute atomic E-state index is 12.7. The molecule has 0 bridgehead atoms. The quantitative estimate of drug-likeness (QED) is 0.701. The van der Waals surface area contributed by atoms with Gasteiger partial charge in [0.1, 0.15) is 11.0 Å². The van der Waals surface area contributed by atoms with Crippen molar-refractivity contribution in [3.05, 3.63) is 34.7 Å². The number of rotatable bonds is 1. The number of aromatic nitrogens is 1. The number of carbonyl (C=O) groups is 1. The summed E-state index contributed by atoms with van der Waals surface area (Å²) in [6, 6.07) is 4.12. The van der Waals surface area contributed by atoms with E-state index in [1.54, 1.807) is 0 Å². The summed E-state index contributed by atoms with van der Waals surface area (Å²) >= 11 is 5.71. The van der Waals surface area contributed by atoms with Gasteiger partial charge in [0.25, 0.3) is 0 Å². The highest BCUT2D eigenvalue weighted by molar-refractivity contribution is 6.34. The lowest BCUT2D eigenvalue weighted by Gasteiger charge is -1.89. The Morgan fingerprint density at radius 1 is 1.46 bits per heavy atom. The van der Waals surface area contributed by atoms with E-state index in [1.807, 2.05) is 0 Å². The van der Waals surface area contributed by atoms with E-state index in [9.17, 15) is 9.18 Å². The third-order valence-corrected chi connectivity index (χ3v) is 2.17. The van der Waals surface area contributed by atoms with Gasteiger partial charge in [-0.2, -0.15) is 0 Å². The summed E-state index contributed by atoms with van der Waals surface area (Å²) in [5.74, 6) is -0.358. The summed E-state index contributed by atoms with van der Waals surface area (Å²) in [7, 11) is 0. The molecule has 0 amide bonds. The number of hydrogen-bond donors (Lipinski definition) is 1. The molecule has 0 spiro atoms. The maximum Gasteiger partial charge on any atom is 0.153 e. The zero-order chi connectivity index (χ0) is 9.42. The Kier molecular flexibility index (Phi) is 1.81. The van der Waals surface area contributed by atoms with Crippen LogP contribution in [-0.2, 0) is 0 Å². The van der Waals surface area contributed by atoms with Crippen molar-refractivity contribution in [3.8, 4) is 0 Å². The molecule has 0 unspecified atom stereocenters.